The molecule has 0 aromatic heterocycles. The van der Waals surface area contributed by atoms with Crippen molar-refractivity contribution in [1.29, 1.82) is 0 Å². The Morgan fingerprint density at radius 1 is 0.618 bits per heavy atom. The summed E-state index contributed by atoms with van der Waals surface area (Å²) >= 11 is 0. The lowest BCUT2D eigenvalue weighted by atomic mass is 9.96. The van der Waals surface area contributed by atoms with Gasteiger partial charge in [0.15, 0.2) is 0 Å². The molecule has 0 spiro atoms. The van der Waals surface area contributed by atoms with E-state index < -0.39 is 0 Å². The van der Waals surface area contributed by atoms with Crippen molar-refractivity contribution in [3.05, 3.63) is 59.7 Å². The summed E-state index contributed by atoms with van der Waals surface area (Å²) in [5.74, 6) is 0.168. The molecule has 0 radical (unpaired) electrons. The number of carbonyl (C=O) groups is 2. The maximum Gasteiger partial charge on any atom is 0.254 e. The van der Waals surface area contributed by atoms with Crippen molar-refractivity contribution in [2.45, 2.75) is 79.1 Å². The number of rotatable bonds is 15. The van der Waals surface area contributed by atoms with Crippen LogP contribution in [0.15, 0.2) is 48.5 Å². The molecule has 2 aromatic rings. The van der Waals surface area contributed by atoms with Crippen molar-refractivity contribution in [2.75, 3.05) is 26.2 Å². The highest BCUT2D eigenvalue weighted by atomic mass is 16.2. The number of benzene rings is 2. The summed E-state index contributed by atoms with van der Waals surface area (Å²) in [4.78, 5) is 30.9. The Morgan fingerprint density at radius 3 is 1.65 bits per heavy atom. The highest BCUT2D eigenvalue weighted by Gasteiger charge is 2.20. The van der Waals surface area contributed by atoms with E-state index in [1.165, 1.54) is 0 Å². The first-order valence-electron chi connectivity index (χ1n) is 13.3. The topological polar surface area (TPSA) is 40.6 Å². The molecule has 186 valence electrons. The van der Waals surface area contributed by atoms with E-state index in [-0.39, 0.29) is 11.8 Å². The predicted molar refractivity (Wildman–Crippen MR) is 143 cm³/mol. The second kappa shape index (κ2) is 15.3. The summed E-state index contributed by atoms with van der Waals surface area (Å²) in [6.45, 7) is 11.8. The third kappa shape index (κ3) is 8.00. The summed E-state index contributed by atoms with van der Waals surface area (Å²) in [5, 5.41) is 0. The van der Waals surface area contributed by atoms with Crippen LogP contribution in [0.3, 0.4) is 0 Å². The summed E-state index contributed by atoms with van der Waals surface area (Å²) in [5.41, 5.74) is 3.23. The molecule has 4 heteroatoms. The largest absolute Gasteiger partial charge is 0.339 e. The van der Waals surface area contributed by atoms with E-state index in [1.807, 2.05) is 58.3 Å². The number of unbranched alkanes of at least 4 members (excludes halogenated alkanes) is 4. The van der Waals surface area contributed by atoms with E-state index in [4.69, 9.17) is 0 Å². The van der Waals surface area contributed by atoms with E-state index in [2.05, 4.69) is 27.7 Å². The molecule has 0 atom stereocenters. The number of nitrogens with zero attached hydrogens (tertiary/aromatic N) is 2. The first kappa shape index (κ1) is 27.6. The van der Waals surface area contributed by atoms with Gasteiger partial charge in [-0.25, -0.2) is 0 Å². The first-order valence-corrected chi connectivity index (χ1v) is 13.3. The molecule has 0 bridgehead atoms. The molecule has 0 heterocycles. The van der Waals surface area contributed by atoms with E-state index >= 15 is 0 Å². The highest BCUT2D eigenvalue weighted by molar-refractivity contribution is 6.02. The van der Waals surface area contributed by atoms with Crippen LogP contribution in [0.25, 0.3) is 11.1 Å². The third-order valence-corrected chi connectivity index (χ3v) is 6.28. The Morgan fingerprint density at radius 2 is 1.12 bits per heavy atom. The van der Waals surface area contributed by atoms with Gasteiger partial charge in [-0.1, -0.05) is 83.7 Å². The van der Waals surface area contributed by atoms with Gasteiger partial charge in [0, 0.05) is 37.3 Å². The lowest BCUT2D eigenvalue weighted by Crippen LogP contribution is -2.33. The van der Waals surface area contributed by atoms with Gasteiger partial charge >= 0.3 is 0 Å². The van der Waals surface area contributed by atoms with Crippen LogP contribution in [0.4, 0.5) is 0 Å². The van der Waals surface area contributed by atoms with Crippen LogP contribution in [0.5, 0.6) is 0 Å². The molecule has 0 N–H and O–H groups in total. The Bertz CT molecular complexity index is 877. The minimum absolute atomic E-state index is 0.0834. The maximum absolute atomic E-state index is 13.6. The average Bonchev–Trinajstić information content (AvgIpc) is 2.88. The van der Waals surface area contributed by atoms with Gasteiger partial charge in [0.25, 0.3) is 11.8 Å². The summed E-state index contributed by atoms with van der Waals surface area (Å²) < 4.78 is 0. The zero-order valence-electron chi connectivity index (χ0n) is 21.8. The van der Waals surface area contributed by atoms with Gasteiger partial charge in [-0.15, -0.1) is 0 Å². The Labute approximate surface area is 207 Å². The van der Waals surface area contributed by atoms with Crippen LogP contribution < -0.4 is 0 Å². The fourth-order valence-corrected chi connectivity index (χ4v) is 4.12. The van der Waals surface area contributed by atoms with E-state index in [0.717, 1.165) is 88.7 Å². The lowest BCUT2D eigenvalue weighted by Gasteiger charge is -2.24. The highest BCUT2D eigenvalue weighted by Crippen LogP contribution is 2.27. The quantitative estimate of drug-likeness (QED) is 0.275. The van der Waals surface area contributed by atoms with Crippen molar-refractivity contribution in [2.24, 2.45) is 0 Å². The second-order valence-electron chi connectivity index (χ2n) is 9.13. The number of hydrogen-bond acceptors (Lipinski definition) is 2. The van der Waals surface area contributed by atoms with Crippen LogP contribution in [0, 0.1) is 0 Å². The molecule has 0 aliphatic heterocycles. The Hall–Kier alpha value is -2.62. The van der Waals surface area contributed by atoms with Gasteiger partial charge in [0.1, 0.15) is 0 Å². The molecule has 2 amide bonds. The number of carbonyl (C=O) groups excluding carboxylic acids is 2. The zero-order chi connectivity index (χ0) is 24.8. The van der Waals surface area contributed by atoms with Crippen LogP contribution >= 0.6 is 0 Å². The van der Waals surface area contributed by atoms with Crippen LogP contribution in [0.2, 0.25) is 0 Å². The van der Waals surface area contributed by atoms with Gasteiger partial charge in [-0.2, -0.15) is 0 Å². The monoisotopic (exact) mass is 464 g/mol. The summed E-state index contributed by atoms with van der Waals surface area (Å²) in [7, 11) is 0. The van der Waals surface area contributed by atoms with Gasteiger partial charge in [0.2, 0.25) is 0 Å². The summed E-state index contributed by atoms with van der Waals surface area (Å²) in [6.07, 6.45) is 8.30. The first-order chi connectivity index (χ1) is 16.6. The molecule has 2 aromatic carbocycles. The van der Waals surface area contributed by atoms with Gasteiger partial charge < -0.3 is 9.80 Å². The van der Waals surface area contributed by atoms with Crippen molar-refractivity contribution < 1.29 is 9.59 Å². The fraction of sp³-hybridized carbons (Fsp3) is 0.533. The Balaban J connectivity index is 2.36. The molecule has 0 saturated carbocycles. The van der Waals surface area contributed by atoms with E-state index in [1.54, 1.807) is 0 Å². The van der Waals surface area contributed by atoms with Gasteiger partial charge in [-0.3, -0.25) is 9.59 Å². The summed E-state index contributed by atoms with van der Waals surface area (Å²) in [6, 6.07) is 15.6. The molecular weight excluding hydrogens is 420 g/mol. The molecule has 0 aliphatic rings. The van der Waals surface area contributed by atoms with Crippen LogP contribution in [-0.4, -0.2) is 47.8 Å². The minimum atomic E-state index is 0.0834. The van der Waals surface area contributed by atoms with Crippen molar-refractivity contribution in [3.63, 3.8) is 0 Å². The van der Waals surface area contributed by atoms with Crippen molar-refractivity contribution >= 4 is 11.8 Å². The van der Waals surface area contributed by atoms with Crippen molar-refractivity contribution in [1.82, 2.24) is 9.80 Å². The number of hydrogen-bond donors (Lipinski definition) is 0. The molecular formula is C30H44N2O2. The third-order valence-electron chi connectivity index (χ3n) is 6.28. The van der Waals surface area contributed by atoms with Gasteiger partial charge in [-0.05, 0) is 55.0 Å². The molecule has 0 saturated heterocycles. The minimum Gasteiger partial charge on any atom is -0.339 e. The van der Waals surface area contributed by atoms with E-state index in [0.29, 0.717) is 11.1 Å². The second-order valence-corrected chi connectivity index (χ2v) is 9.13. The van der Waals surface area contributed by atoms with Crippen LogP contribution in [0.1, 0.15) is 99.8 Å². The fourth-order valence-electron chi connectivity index (χ4n) is 4.12. The molecule has 0 unspecified atom stereocenters. The van der Waals surface area contributed by atoms with E-state index in [9.17, 15) is 9.59 Å². The van der Waals surface area contributed by atoms with Gasteiger partial charge in [0.05, 0.1) is 0 Å². The maximum atomic E-state index is 13.6. The molecule has 0 aliphatic carbocycles. The van der Waals surface area contributed by atoms with Crippen LogP contribution in [-0.2, 0) is 0 Å². The smallest absolute Gasteiger partial charge is 0.254 e. The molecule has 34 heavy (non-hydrogen) atoms. The lowest BCUT2D eigenvalue weighted by molar-refractivity contribution is 0.0744. The predicted octanol–water partition coefficient (Wildman–Crippen LogP) is 7.44. The number of amides is 2. The SMILES string of the molecule is CCCCN(CCCC)C(=O)c1cccc(-c2ccccc2C(=O)N(CCCC)CCCC)c1. The Kier molecular flexibility index (Phi) is 12.4. The molecule has 4 nitrogen and oxygen atoms in total. The standard InChI is InChI=1S/C30H44N2O2/c1-5-9-20-31(21-10-6-2)29(33)26-17-15-16-25(24-26)27-18-13-14-19-28(27)30(34)32(22-11-7-3)23-12-8-4/h13-19,24H,5-12,20-23H2,1-4H3. The molecule has 0 fully saturated rings. The van der Waals surface area contributed by atoms with Crippen molar-refractivity contribution in [3.8, 4) is 11.1 Å². The normalized spacial score (nSPS) is 10.8. The molecule has 2 rings (SSSR count). The average molecular weight is 465 g/mol. The zero-order valence-corrected chi connectivity index (χ0v) is 21.8.